The van der Waals surface area contributed by atoms with Crippen LogP contribution in [0.25, 0.3) is 5.78 Å². The van der Waals surface area contributed by atoms with Gasteiger partial charge >= 0.3 is 0 Å². The summed E-state index contributed by atoms with van der Waals surface area (Å²) in [7, 11) is 3.20. The number of thioether (sulfide) groups is 1. The molecule has 3 aromatic rings. The van der Waals surface area contributed by atoms with E-state index in [0.29, 0.717) is 22.4 Å². The standard InChI is InChI=1S/C21H27N5O3S/c1-11-8-17(28-5)18(29-6)9-15(11)12(2)22-19(27)10-16-13(3)23-20-24-21(30-7)25-26(20)14(16)4/h8-9,12H,10H2,1-7H3,(H,22,27). The van der Waals surface area contributed by atoms with Gasteiger partial charge in [0.15, 0.2) is 11.5 Å². The first kappa shape index (κ1) is 21.9. The number of nitrogens with zero attached hydrogens (tertiary/aromatic N) is 4. The van der Waals surface area contributed by atoms with Crippen LogP contribution in [-0.2, 0) is 11.2 Å². The molecule has 0 aliphatic heterocycles. The fourth-order valence-corrected chi connectivity index (χ4v) is 3.86. The van der Waals surface area contributed by atoms with E-state index < -0.39 is 0 Å². The number of ether oxygens (including phenoxy) is 2. The van der Waals surface area contributed by atoms with Crippen molar-refractivity contribution in [1.82, 2.24) is 24.9 Å². The number of hydrogen-bond acceptors (Lipinski definition) is 7. The van der Waals surface area contributed by atoms with Crippen molar-refractivity contribution in [2.75, 3.05) is 20.5 Å². The third-order valence-electron chi connectivity index (χ3n) is 5.17. The molecule has 8 nitrogen and oxygen atoms in total. The topological polar surface area (TPSA) is 90.6 Å². The monoisotopic (exact) mass is 429 g/mol. The predicted molar refractivity (Wildman–Crippen MR) is 117 cm³/mol. The van der Waals surface area contributed by atoms with Gasteiger partial charge in [0.25, 0.3) is 5.78 Å². The molecule has 0 aliphatic rings. The maximum atomic E-state index is 12.8. The first-order valence-corrected chi connectivity index (χ1v) is 10.8. The Labute approximate surface area is 180 Å². The molecule has 160 valence electrons. The molecule has 2 heterocycles. The minimum Gasteiger partial charge on any atom is -0.493 e. The van der Waals surface area contributed by atoms with Gasteiger partial charge in [0.05, 0.1) is 26.7 Å². The second-order valence-corrected chi connectivity index (χ2v) is 7.87. The number of carbonyl (C=O) groups is 1. The highest BCUT2D eigenvalue weighted by Crippen LogP contribution is 2.33. The van der Waals surface area contributed by atoms with Gasteiger partial charge in [0.1, 0.15) is 0 Å². The summed E-state index contributed by atoms with van der Waals surface area (Å²) in [6, 6.07) is 3.63. The van der Waals surface area contributed by atoms with E-state index in [2.05, 4.69) is 20.4 Å². The summed E-state index contributed by atoms with van der Waals surface area (Å²) in [6.07, 6.45) is 2.13. The van der Waals surface area contributed by atoms with Crippen molar-refractivity contribution >= 4 is 23.4 Å². The Morgan fingerprint density at radius 3 is 2.47 bits per heavy atom. The van der Waals surface area contributed by atoms with Gasteiger partial charge in [-0.05, 0) is 57.2 Å². The van der Waals surface area contributed by atoms with Crippen LogP contribution in [0.1, 0.15) is 41.0 Å². The van der Waals surface area contributed by atoms with E-state index in [0.717, 1.165) is 28.1 Å². The SMILES string of the molecule is COc1cc(C)c(C(C)NC(=O)Cc2c(C)nc3nc(SC)nn3c2C)cc1OC. The lowest BCUT2D eigenvalue weighted by Gasteiger charge is -2.19. The zero-order valence-electron chi connectivity index (χ0n) is 18.4. The van der Waals surface area contributed by atoms with Crippen LogP contribution in [0.5, 0.6) is 11.5 Å². The van der Waals surface area contributed by atoms with E-state index in [9.17, 15) is 4.79 Å². The fourth-order valence-electron chi connectivity index (χ4n) is 3.53. The number of amides is 1. The molecular weight excluding hydrogens is 402 g/mol. The molecule has 0 fully saturated rings. The number of aromatic nitrogens is 4. The Morgan fingerprint density at radius 1 is 1.17 bits per heavy atom. The molecule has 0 bridgehead atoms. The second-order valence-electron chi connectivity index (χ2n) is 7.10. The number of rotatable bonds is 7. The van der Waals surface area contributed by atoms with Gasteiger partial charge < -0.3 is 14.8 Å². The first-order valence-electron chi connectivity index (χ1n) is 9.57. The molecule has 2 aromatic heterocycles. The van der Waals surface area contributed by atoms with Gasteiger partial charge in [0.2, 0.25) is 11.1 Å². The van der Waals surface area contributed by atoms with Crippen LogP contribution < -0.4 is 14.8 Å². The van der Waals surface area contributed by atoms with Crippen LogP contribution in [-0.4, -0.2) is 46.0 Å². The molecular formula is C21H27N5O3S. The Kier molecular flexibility index (Phi) is 6.50. The van der Waals surface area contributed by atoms with Crippen molar-refractivity contribution in [3.8, 4) is 11.5 Å². The molecule has 1 aromatic carbocycles. The van der Waals surface area contributed by atoms with Crippen LogP contribution >= 0.6 is 11.8 Å². The van der Waals surface area contributed by atoms with E-state index in [1.807, 2.05) is 46.1 Å². The van der Waals surface area contributed by atoms with Crippen molar-refractivity contribution in [3.05, 3.63) is 40.2 Å². The quantitative estimate of drug-likeness (QED) is 0.577. The largest absolute Gasteiger partial charge is 0.493 e. The Balaban J connectivity index is 1.82. The van der Waals surface area contributed by atoms with Gasteiger partial charge in [-0.25, -0.2) is 9.50 Å². The van der Waals surface area contributed by atoms with Crippen LogP contribution in [0.4, 0.5) is 0 Å². The van der Waals surface area contributed by atoms with E-state index in [1.165, 1.54) is 11.8 Å². The third-order valence-corrected chi connectivity index (χ3v) is 5.70. The number of nitrogens with one attached hydrogen (secondary N) is 1. The molecule has 0 radical (unpaired) electrons. The number of fused-ring (bicyclic) bond motifs is 1. The molecule has 9 heteroatoms. The zero-order valence-corrected chi connectivity index (χ0v) is 19.2. The maximum absolute atomic E-state index is 12.8. The molecule has 0 saturated carbocycles. The Bertz CT molecular complexity index is 1100. The highest BCUT2D eigenvalue weighted by Gasteiger charge is 2.19. The van der Waals surface area contributed by atoms with Crippen molar-refractivity contribution < 1.29 is 14.3 Å². The van der Waals surface area contributed by atoms with E-state index in [1.54, 1.807) is 18.7 Å². The number of aryl methyl sites for hydroxylation is 3. The van der Waals surface area contributed by atoms with Gasteiger partial charge in [-0.3, -0.25) is 4.79 Å². The van der Waals surface area contributed by atoms with Crippen molar-refractivity contribution in [3.63, 3.8) is 0 Å². The summed E-state index contributed by atoms with van der Waals surface area (Å²) >= 11 is 1.46. The predicted octanol–water partition coefficient (Wildman–Crippen LogP) is 3.21. The summed E-state index contributed by atoms with van der Waals surface area (Å²) in [5.74, 6) is 1.76. The molecule has 30 heavy (non-hydrogen) atoms. The summed E-state index contributed by atoms with van der Waals surface area (Å²) in [5, 5.41) is 8.18. The summed E-state index contributed by atoms with van der Waals surface area (Å²) in [6.45, 7) is 7.77. The first-order chi connectivity index (χ1) is 14.3. The summed E-state index contributed by atoms with van der Waals surface area (Å²) in [4.78, 5) is 21.7. The molecule has 0 spiro atoms. The lowest BCUT2D eigenvalue weighted by Crippen LogP contribution is -2.29. The lowest BCUT2D eigenvalue weighted by atomic mass is 10.0. The average molecular weight is 430 g/mol. The normalized spacial score (nSPS) is 12.1. The summed E-state index contributed by atoms with van der Waals surface area (Å²) in [5.41, 5.74) is 4.50. The molecule has 1 unspecified atom stereocenters. The summed E-state index contributed by atoms with van der Waals surface area (Å²) < 4.78 is 12.4. The van der Waals surface area contributed by atoms with Crippen molar-refractivity contribution in [1.29, 1.82) is 0 Å². The third kappa shape index (κ3) is 4.21. The maximum Gasteiger partial charge on any atom is 0.253 e. The number of carbonyl (C=O) groups excluding carboxylic acids is 1. The van der Waals surface area contributed by atoms with Crippen molar-refractivity contribution in [2.24, 2.45) is 0 Å². The number of methoxy groups -OCH3 is 2. The van der Waals surface area contributed by atoms with Gasteiger partial charge in [-0.2, -0.15) is 4.98 Å². The zero-order chi connectivity index (χ0) is 22.0. The number of benzene rings is 1. The fraction of sp³-hybridized carbons (Fsp3) is 0.429. The Morgan fingerprint density at radius 2 is 1.83 bits per heavy atom. The second kappa shape index (κ2) is 8.91. The molecule has 1 atom stereocenters. The highest BCUT2D eigenvalue weighted by atomic mass is 32.2. The van der Waals surface area contributed by atoms with E-state index in [4.69, 9.17) is 9.47 Å². The molecule has 1 N–H and O–H groups in total. The smallest absolute Gasteiger partial charge is 0.253 e. The van der Waals surface area contributed by atoms with Gasteiger partial charge in [-0.15, -0.1) is 5.10 Å². The Hall–Kier alpha value is -2.81. The minimum absolute atomic E-state index is 0.0887. The molecule has 3 rings (SSSR count). The average Bonchev–Trinajstić information content (AvgIpc) is 3.13. The van der Waals surface area contributed by atoms with Gasteiger partial charge in [0, 0.05) is 17.0 Å². The van der Waals surface area contributed by atoms with Crippen LogP contribution in [0.2, 0.25) is 0 Å². The van der Waals surface area contributed by atoms with E-state index >= 15 is 0 Å². The van der Waals surface area contributed by atoms with Crippen LogP contribution in [0.15, 0.2) is 17.3 Å². The molecule has 0 aliphatic carbocycles. The van der Waals surface area contributed by atoms with E-state index in [-0.39, 0.29) is 18.4 Å². The van der Waals surface area contributed by atoms with Crippen LogP contribution in [0, 0.1) is 20.8 Å². The minimum atomic E-state index is -0.191. The molecule has 1 amide bonds. The van der Waals surface area contributed by atoms with Gasteiger partial charge in [-0.1, -0.05) is 11.8 Å². The highest BCUT2D eigenvalue weighted by molar-refractivity contribution is 7.98. The lowest BCUT2D eigenvalue weighted by molar-refractivity contribution is -0.121. The van der Waals surface area contributed by atoms with Crippen molar-refractivity contribution in [2.45, 2.75) is 45.3 Å². The molecule has 0 saturated heterocycles. The number of hydrogen-bond donors (Lipinski definition) is 1. The van der Waals surface area contributed by atoms with Crippen LogP contribution in [0.3, 0.4) is 0 Å².